The van der Waals surface area contributed by atoms with E-state index < -0.39 is 17.7 Å². The summed E-state index contributed by atoms with van der Waals surface area (Å²) in [4.78, 5) is 23.7. The molecule has 1 aromatic rings. The van der Waals surface area contributed by atoms with E-state index in [0.29, 0.717) is 6.54 Å². The maximum atomic E-state index is 12.0. The first-order chi connectivity index (χ1) is 10.6. The predicted octanol–water partition coefficient (Wildman–Crippen LogP) is 2.53. The van der Waals surface area contributed by atoms with Gasteiger partial charge in [0, 0.05) is 6.54 Å². The minimum atomic E-state index is -0.683. The summed E-state index contributed by atoms with van der Waals surface area (Å²) in [6.07, 6.45) is -0.614. The van der Waals surface area contributed by atoms with Crippen molar-refractivity contribution in [2.24, 2.45) is 0 Å². The SMILES string of the molecule is COc1cc(CNC(=O)[C@@H](C)NC(=O)OC(C)(C)C)ccc1C. The van der Waals surface area contributed by atoms with Crippen LogP contribution in [-0.4, -0.2) is 30.8 Å². The largest absolute Gasteiger partial charge is 0.496 e. The van der Waals surface area contributed by atoms with E-state index in [0.717, 1.165) is 16.9 Å². The molecule has 0 aliphatic rings. The van der Waals surface area contributed by atoms with Gasteiger partial charge in [0.05, 0.1) is 7.11 Å². The van der Waals surface area contributed by atoms with Crippen molar-refractivity contribution in [3.8, 4) is 5.75 Å². The predicted molar refractivity (Wildman–Crippen MR) is 88.4 cm³/mol. The number of amides is 2. The topological polar surface area (TPSA) is 76.7 Å². The number of alkyl carbamates (subject to hydrolysis) is 1. The van der Waals surface area contributed by atoms with Gasteiger partial charge in [-0.25, -0.2) is 4.79 Å². The normalized spacial score (nSPS) is 12.3. The molecule has 0 unspecified atom stereocenters. The third kappa shape index (κ3) is 6.59. The van der Waals surface area contributed by atoms with Crippen molar-refractivity contribution in [3.63, 3.8) is 0 Å². The average molecular weight is 322 g/mol. The molecule has 0 bridgehead atoms. The number of ether oxygens (including phenoxy) is 2. The number of aryl methyl sites for hydroxylation is 1. The Hall–Kier alpha value is -2.24. The van der Waals surface area contributed by atoms with Crippen LogP contribution in [0.25, 0.3) is 0 Å². The van der Waals surface area contributed by atoms with Crippen molar-refractivity contribution in [1.82, 2.24) is 10.6 Å². The highest BCUT2D eigenvalue weighted by Crippen LogP contribution is 2.18. The third-order valence-electron chi connectivity index (χ3n) is 3.07. The van der Waals surface area contributed by atoms with Crippen LogP contribution in [0.2, 0.25) is 0 Å². The monoisotopic (exact) mass is 322 g/mol. The van der Waals surface area contributed by atoms with E-state index in [1.165, 1.54) is 0 Å². The Morgan fingerprint density at radius 1 is 1.26 bits per heavy atom. The number of carbonyl (C=O) groups excluding carboxylic acids is 2. The van der Waals surface area contributed by atoms with Gasteiger partial charge in [-0.15, -0.1) is 0 Å². The molecule has 0 saturated carbocycles. The molecule has 0 saturated heterocycles. The average Bonchev–Trinajstić information content (AvgIpc) is 2.43. The van der Waals surface area contributed by atoms with Gasteiger partial charge >= 0.3 is 6.09 Å². The first kappa shape index (κ1) is 18.8. The minimum Gasteiger partial charge on any atom is -0.496 e. The summed E-state index contributed by atoms with van der Waals surface area (Å²) in [6, 6.07) is 5.05. The van der Waals surface area contributed by atoms with Crippen LogP contribution in [-0.2, 0) is 16.1 Å². The molecule has 128 valence electrons. The molecule has 6 nitrogen and oxygen atoms in total. The Kier molecular flexibility index (Phi) is 6.42. The summed E-state index contributed by atoms with van der Waals surface area (Å²) in [5.41, 5.74) is 1.35. The zero-order chi connectivity index (χ0) is 17.6. The molecule has 0 aliphatic carbocycles. The molecule has 2 N–H and O–H groups in total. The number of benzene rings is 1. The van der Waals surface area contributed by atoms with E-state index >= 15 is 0 Å². The van der Waals surface area contributed by atoms with E-state index in [4.69, 9.17) is 9.47 Å². The Morgan fingerprint density at radius 2 is 1.91 bits per heavy atom. The van der Waals surface area contributed by atoms with E-state index in [2.05, 4.69) is 10.6 Å². The van der Waals surface area contributed by atoms with Crippen molar-refractivity contribution in [2.45, 2.75) is 52.8 Å². The lowest BCUT2D eigenvalue weighted by molar-refractivity contribution is -0.122. The summed E-state index contributed by atoms with van der Waals surface area (Å²) in [7, 11) is 1.61. The van der Waals surface area contributed by atoms with Gasteiger partial charge in [0.2, 0.25) is 5.91 Å². The molecule has 23 heavy (non-hydrogen) atoms. The van der Waals surface area contributed by atoms with Crippen LogP contribution < -0.4 is 15.4 Å². The molecule has 0 heterocycles. The van der Waals surface area contributed by atoms with Gasteiger partial charge in [0.25, 0.3) is 0 Å². The highest BCUT2D eigenvalue weighted by atomic mass is 16.6. The number of hydrogen-bond acceptors (Lipinski definition) is 4. The lowest BCUT2D eigenvalue weighted by atomic mass is 10.1. The molecule has 2 amide bonds. The van der Waals surface area contributed by atoms with Gasteiger partial charge in [-0.1, -0.05) is 12.1 Å². The first-order valence-electron chi connectivity index (χ1n) is 7.53. The second kappa shape index (κ2) is 7.85. The summed E-state index contributed by atoms with van der Waals surface area (Å²) in [6.45, 7) is 9.21. The quantitative estimate of drug-likeness (QED) is 0.873. The molecule has 0 aliphatic heterocycles. The van der Waals surface area contributed by atoms with Gasteiger partial charge in [0.1, 0.15) is 17.4 Å². The molecular weight excluding hydrogens is 296 g/mol. The molecule has 6 heteroatoms. The van der Waals surface area contributed by atoms with Gasteiger partial charge in [-0.05, 0) is 51.8 Å². The molecule has 0 spiro atoms. The molecular formula is C17H26N2O4. The van der Waals surface area contributed by atoms with Crippen molar-refractivity contribution < 1.29 is 19.1 Å². The highest BCUT2D eigenvalue weighted by Gasteiger charge is 2.20. The van der Waals surface area contributed by atoms with Crippen molar-refractivity contribution in [1.29, 1.82) is 0 Å². The first-order valence-corrected chi connectivity index (χ1v) is 7.53. The number of hydrogen-bond donors (Lipinski definition) is 2. The van der Waals surface area contributed by atoms with Gasteiger partial charge < -0.3 is 20.1 Å². The molecule has 1 rings (SSSR count). The summed E-state index contributed by atoms with van der Waals surface area (Å²) in [5, 5.41) is 5.28. The fourth-order valence-corrected chi connectivity index (χ4v) is 1.87. The van der Waals surface area contributed by atoms with Gasteiger partial charge in [0.15, 0.2) is 0 Å². The number of carbonyl (C=O) groups is 2. The highest BCUT2D eigenvalue weighted by molar-refractivity contribution is 5.85. The van der Waals surface area contributed by atoms with Crippen molar-refractivity contribution >= 4 is 12.0 Å². The zero-order valence-corrected chi connectivity index (χ0v) is 14.6. The Labute approximate surface area is 137 Å². The van der Waals surface area contributed by atoms with E-state index in [1.807, 2.05) is 25.1 Å². The molecule has 1 atom stereocenters. The van der Waals surface area contributed by atoms with Crippen molar-refractivity contribution in [2.75, 3.05) is 7.11 Å². The van der Waals surface area contributed by atoms with Crippen LogP contribution in [0, 0.1) is 6.92 Å². The molecule has 0 fully saturated rings. The minimum absolute atomic E-state index is 0.282. The smallest absolute Gasteiger partial charge is 0.408 e. The summed E-state index contributed by atoms with van der Waals surface area (Å²) in [5.74, 6) is 0.493. The Bertz CT molecular complexity index is 564. The summed E-state index contributed by atoms with van der Waals surface area (Å²) < 4.78 is 10.4. The lowest BCUT2D eigenvalue weighted by Gasteiger charge is -2.21. The lowest BCUT2D eigenvalue weighted by Crippen LogP contribution is -2.46. The molecule has 0 radical (unpaired) electrons. The standard InChI is InChI=1S/C17H26N2O4/c1-11-7-8-13(9-14(11)22-6)10-18-15(20)12(2)19-16(21)23-17(3,4)5/h7-9,12H,10H2,1-6H3,(H,18,20)(H,19,21)/t12-/m1/s1. The molecule has 1 aromatic carbocycles. The van der Waals surface area contributed by atoms with Gasteiger partial charge in [-0.2, -0.15) is 0 Å². The zero-order valence-electron chi connectivity index (χ0n) is 14.6. The fraction of sp³-hybridized carbons (Fsp3) is 0.529. The van der Waals surface area contributed by atoms with Crippen LogP contribution >= 0.6 is 0 Å². The fourth-order valence-electron chi connectivity index (χ4n) is 1.87. The number of nitrogens with one attached hydrogen (secondary N) is 2. The van der Waals surface area contributed by atoms with Crippen LogP contribution in [0.15, 0.2) is 18.2 Å². The maximum Gasteiger partial charge on any atom is 0.408 e. The van der Waals surface area contributed by atoms with Crippen molar-refractivity contribution in [3.05, 3.63) is 29.3 Å². The van der Waals surface area contributed by atoms with Crippen LogP contribution in [0.1, 0.15) is 38.8 Å². The number of methoxy groups -OCH3 is 1. The summed E-state index contributed by atoms with van der Waals surface area (Å²) >= 11 is 0. The number of rotatable bonds is 5. The van der Waals surface area contributed by atoms with Crippen LogP contribution in [0.4, 0.5) is 4.79 Å². The Balaban J connectivity index is 2.51. The van der Waals surface area contributed by atoms with Crippen LogP contribution in [0.3, 0.4) is 0 Å². The van der Waals surface area contributed by atoms with E-state index in [9.17, 15) is 9.59 Å². The third-order valence-corrected chi connectivity index (χ3v) is 3.07. The second-order valence-electron chi connectivity index (χ2n) is 6.39. The van der Waals surface area contributed by atoms with Gasteiger partial charge in [-0.3, -0.25) is 4.79 Å². The maximum absolute atomic E-state index is 12.0. The van der Waals surface area contributed by atoms with E-state index in [-0.39, 0.29) is 5.91 Å². The van der Waals surface area contributed by atoms with E-state index in [1.54, 1.807) is 34.8 Å². The second-order valence-corrected chi connectivity index (χ2v) is 6.39. The van der Waals surface area contributed by atoms with Crippen LogP contribution in [0.5, 0.6) is 5.75 Å². The molecule has 0 aromatic heterocycles. The Morgan fingerprint density at radius 3 is 2.48 bits per heavy atom.